The fourth-order valence-corrected chi connectivity index (χ4v) is 3.14. The molecule has 2 N–H and O–H groups in total. The van der Waals surface area contributed by atoms with Crippen LogP contribution < -0.4 is 10.6 Å². The van der Waals surface area contributed by atoms with Gasteiger partial charge in [-0.3, -0.25) is 9.59 Å². The first-order valence-corrected chi connectivity index (χ1v) is 15.1. The predicted molar refractivity (Wildman–Crippen MR) is 152 cm³/mol. The van der Waals surface area contributed by atoms with E-state index in [4.69, 9.17) is 37.9 Å². The van der Waals surface area contributed by atoms with Crippen molar-refractivity contribution in [2.75, 3.05) is 125 Å². The summed E-state index contributed by atoms with van der Waals surface area (Å²) in [6.45, 7) is 10.8. The van der Waals surface area contributed by atoms with E-state index in [-0.39, 0.29) is 32.1 Å². The zero-order chi connectivity index (χ0) is 31.7. The highest BCUT2D eigenvalue weighted by Gasteiger charge is 2.38. The van der Waals surface area contributed by atoms with Crippen molar-refractivity contribution >= 4 is 11.7 Å². The van der Waals surface area contributed by atoms with Crippen LogP contribution in [0.3, 0.4) is 0 Å². The molecule has 0 unspecified atom stereocenters. The summed E-state index contributed by atoms with van der Waals surface area (Å²) in [6, 6.07) is 0. The SMILES string of the molecule is CCCOCCOCCNCCCOCCOCCOCCOCCC(=O)CCCOCCOCCNC(=O)C(F)(F)F. The third-order valence-corrected chi connectivity index (χ3v) is 5.33. The Labute approximate surface area is 253 Å². The van der Waals surface area contributed by atoms with E-state index in [9.17, 15) is 22.8 Å². The molecule has 0 rings (SSSR count). The fourth-order valence-electron chi connectivity index (χ4n) is 3.14. The summed E-state index contributed by atoms with van der Waals surface area (Å²) in [7, 11) is 0. The summed E-state index contributed by atoms with van der Waals surface area (Å²) in [5, 5.41) is 5.01. The van der Waals surface area contributed by atoms with Gasteiger partial charge in [-0.2, -0.15) is 13.2 Å². The fraction of sp³-hybridized carbons (Fsp3) is 0.929. The highest BCUT2D eigenvalue weighted by molar-refractivity contribution is 5.81. The van der Waals surface area contributed by atoms with Crippen LogP contribution in [0, 0.1) is 0 Å². The lowest BCUT2D eigenvalue weighted by atomic mass is 10.2. The first kappa shape index (κ1) is 41.6. The maximum Gasteiger partial charge on any atom is 0.471 e. The molecule has 0 aromatic carbocycles. The van der Waals surface area contributed by atoms with Crippen molar-refractivity contribution in [2.45, 2.75) is 45.2 Å². The third-order valence-electron chi connectivity index (χ3n) is 5.33. The molecule has 0 aliphatic carbocycles. The largest absolute Gasteiger partial charge is 0.471 e. The molecule has 0 aromatic heterocycles. The lowest BCUT2D eigenvalue weighted by Gasteiger charge is -2.09. The summed E-state index contributed by atoms with van der Waals surface area (Å²) < 4.78 is 79.0. The molecule has 15 heteroatoms. The number of nitrogens with one attached hydrogen (secondary N) is 2. The number of ether oxygens (including phenoxy) is 8. The Kier molecular flexibility index (Phi) is 30.9. The summed E-state index contributed by atoms with van der Waals surface area (Å²) in [5.41, 5.74) is 0. The van der Waals surface area contributed by atoms with Gasteiger partial charge in [-0.15, -0.1) is 0 Å². The number of amides is 1. The van der Waals surface area contributed by atoms with Crippen molar-refractivity contribution in [3.05, 3.63) is 0 Å². The Morgan fingerprint density at radius 2 is 0.953 bits per heavy atom. The van der Waals surface area contributed by atoms with E-state index >= 15 is 0 Å². The summed E-state index contributed by atoms with van der Waals surface area (Å²) in [6.07, 6.45) is -1.71. The van der Waals surface area contributed by atoms with Crippen molar-refractivity contribution in [3.8, 4) is 0 Å². The number of carbonyl (C=O) groups is 2. The van der Waals surface area contributed by atoms with Gasteiger partial charge in [-0.1, -0.05) is 6.92 Å². The van der Waals surface area contributed by atoms with Gasteiger partial charge in [-0.25, -0.2) is 0 Å². The average Bonchev–Trinajstić information content (AvgIpc) is 2.97. The molecular formula is C28H53F3N2O10. The molecule has 0 spiro atoms. The molecule has 43 heavy (non-hydrogen) atoms. The summed E-state index contributed by atoms with van der Waals surface area (Å²) in [4.78, 5) is 22.4. The molecule has 0 atom stereocenters. The zero-order valence-electron chi connectivity index (χ0n) is 25.7. The Bertz CT molecular complexity index is 634. The normalized spacial score (nSPS) is 11.7. The van der Waals surface area contributed by atoms with Crippen molar-refractivity contribution < 1.29 is 60.7 Å². The van der Waals surface area contributed by atoms with Gasteiger partial charge in [0.25, 0.3) is 0 Å². The number of hydrogen-bond acceptors (Lipinski definition) is 11. The van der Waals surface area contributed by atoms with Crippen LogP contribution in [0.1, 0.15) is 39.0 Å². The molecule has 256 valence electrons. The number of Topliss-reactive ketones (excluding diaryl/α,β-unsaturated/α-hetero) is 1. The minimum Gasteiger partial charge on any atom is -0.379 e. The second kappa shape index (κ2) is 32.0. The molecule has 12 nitrogen and oxygen atoms in total. The monoisotopic (exact) mass is 634 g/mol. The minimum atomic E-state index is -4.90. The van der Waals surface area contributed by atoms with Crippen LogP contribution in [0.25, 0.3) is 0 Å². The van der Waals surface area contributed by atoms with Crippen molar-refractivity contribution in [2.24, 2.45) is 0 Å². The van der Waals surface area contributed by atoms with Gasteiger partial charge in [0.2, 0.25) is 0 Å². The highest BCUT2D eigenvalue weighted by Crippen LogP contribution is 2.13. The third kappa shape index (κ3) is 33.3. The van der Waals surface area contributed by atoms with Crippen LogP contribution in [-0.4, -0.2) is 143 Å². The Hall–Kier alpha value is -1.43. The van der Waals surface area contributed by atoms with Crippen molar-refractivity contribution in [3.63, 3.8) is 0 Å². The molecule has 0 saturated heterocycles. The standard InChI is InChI=1S/C28H53F3N2O10/c1-2-10-36-16-20-40-14-8-32-7-4-12-38-18-22-42-24-25-43-23-19-39-13-6-26(34)5-3-11-37-17-21-41-15-9-33-27(35)28(29,30)31/h32H,2-25H2,1H3,(H,33,35). The van der Waals surface area contributed by atoms with Crippen LogP contribution >= 0.6 is 0 Å². The van der Waals surface area contributed by atoms with Gasteiger partial charge in [0.1, 0.15) is 5.78 Å². The number of rotatable bonds is 34. The minimum absolute atomic E-state index is 0.0504. The van der Waals surface area contributed by atoms with Gasteiger partial charge in [0.05, 0.1) is 85.9 Å². The molecule has 0 aromatic rings. The van der Waals surface area contributed by atoms with Crippen LogP contribution in [0.2, 0.25) is 0 Å². The molecular weight excluding hydrogens is 581 g/mol. The quantitative estimate of drug-likeness (QED) is 0.101. The predicted octanol–water partition coefficient (Wildman–Crippen LogP) is 1.93. The molecule has 0 aliphatic rings. The second-order valence-corrected chi connectivity index (χ2v) is 9.15. The van der Waals surface area contributed by atoms with E-state index in [2.05, 4.69) is 12.2 Å². The zero-order valence-corrected chi connectivity index (χ0v) is 25.7. The van der Waals surface area contributed by atoms with Crippen LogP contribution in [0.5, 0.6) is 0 Å². The molecule has 0 radical (unpaired) electrons. The van der Waals surface area contributed by atoms with E-state index < -0.39 is 12.1 Å². The van der Waals surface area contributed by atoms with Crippen LogP contribution in [-0.2, 0) is 47.5 Å². The number of alkyl halides is 3. The maximum atomic E-state index is 12.0. The van der Waals surface area contributed by atoms with E-state index in [1.807, 2.05) is 0 Å². The topological polar surface area (TPSA) is 132 Å². The van der Waals surface area contributed by atoms with Crippen LogP contribution in [0.4, 0.5) is 13.2 Å². The summed E-state index contributed by atoms with van der Waals surface area (Å²) >= 11 is 0. The van der Waals surface area contributed by atoms with Crippen molar-refractivity contribution in [1.29, 1.82) is 0 Å². The van der Waals surface area contributed by atoms with E-state index in [0.29, 0.717) is 98.5 Å². The molecule has 0 heterocycles. The van der Waals surface area contributed by atoms with Gasteiger partial charge < -0.3 is 48.5 Å². The lowest BCUT2D eigenvalue weighted by molar-refractivity contribution is -0.173. The van der Waals surface area contributed by atoms with E-state index in [1.54, 1.807) is 5.32 Å². The van der Waals surface area contributed by atoms with E-state index in [1.165, 1.54) is 0 Å². The molecule has 0 saturated carbocycles. The van der Waals surface area contributed by atoms with Gasteiger partial charge in [0.15, 0.2) is 0 Å². The Morgan fingerprint density at radius 3 is 1.49 bits per heavy atom. The van der Waals surface area contributed by atoms with Gasteiger partial charge in [-0.05, 0) is 25.8 Å². The Morgan fingerprint density at radius 1 is 0.512 bits per heavy atom. The summed E-state index contributed by atoms with van der Waals surface area (Å²) in [5.74, 6) is -1.92. The van der Waals surface area contributed by atoms with E-state index in [0.717, 1.165) is 32.5 Å². The highest BCUT2D eigenvalue weighted by atomic mass is 19.4. The number of hydrogen-bond donors (Lipinski definition) is 2. The second-order valence-electron chi connectivity index (χ2n) is 9.15. The average molecular weight is 635 g/mol. The number of ketones is 1. The lowest BCUT2D eigenvalue weighted by Crippen LogP contribution is -2.38. The van der Waals surface area contributed by atoms with Crippen molar-refractivity contribution in [1.82, 2.24) is 10.6 Å². The maximum absolute atomic E-state index is 12.0. The van der Waals surface area contributed by atoms with Crippen LogP contribution in [0.15, 0.2) is 0 Å². The molecule has 0 aliphatic heterocycles. The number of halogens is 3. The van der Waals surface area contributed by atoms with Gasteiger partial charge >= 0.3 is 12.1 Å². The first-order chi connectivity index (χ1) is 20.9. The number of carbonyl (C=O) groups excluding carboxylic acids is 2. The smallest absolute Gasteiger partial charge is 0.379 e. The first-order valence-electron chi connectivity index (χ1n) is 15.1. The van der Waals surface area contributed by atoms with Gasteiger partial charge in [0, 0.05) is 45.8 Å². The molecule has 0 fully saturated rings. The molecule has 0 bridgehead atoms. The molecule has 1 amide bonds. The Balaban J connectivity index is 3.19.